The minimum atomic E-state index is 0.0877. The van der Waals surface area contributed by atoms with E-state index in [-0.39, 0.29) is 11.8 Å². The van der Waals surface area contributed by atoms with Gasteiger partial charge in [-0.3, -0.25) is 14.2 Å². The first kappa shape index (κ1) is 20.0. The Morgan fingerprint density at radius 3 is 2.52 bits per heavy atom. The van der Waals surface area contributed by atoms with E-state index >= 15 is 0 Å². The van der Waals surface area contributed by atoms with Gasteiger partial charge in [-0.15, -0.1) is 0 Å². The van der Waals surface area contributed by atoms with E-state index in [1.807, 2.05) is 32.7 Å². The quantitative estimate of drug-likeness (QED) is 0.708. The van der Waals surface area contributed by atoms with Crippen molar-refractivity contribution in [3.63, 3.8) is 0 Å². The van der Waals surface area contributed by atoms with Crippen LogP contribution in [0, 0.1) is 12.8 Å². The molecule has 1 aromatic carbocycles. The largest absolute Gasteiger partial charge is 0.342 e. The number of carbonyl (C=O) groups excluding carboxylic acids is 2. The average molecular weight is 413 g/mol. The number of para-hydroxylation sites is 1. The third-order valence-electron chi connectivity index (χ3n) is 5.92. The molecular formula is C22H28N4O2S. The average Bonchev–Trinajstić information content (AvgIpc) is 3.44. The van der Waals surface area contributed by atoms with E-state index in [2.05, 4.69) is 24.0 Å². The highest BCUT2D eigenvalue weighted by Gasteiger charge is 2.31. The zero-order valence-electron chi connectivity index (χ0n) is 16.9. The molecule has 0 radical (unpaired) electrons. The van der Waals surface area contributed by atoms with Crippen molar-refractivity contribution in [3.8, 4) is 5.69 Å². The number of piperidine rings is 1. The minimum absolute atomic E-state index is 0.0877. The zero-order chi connectivity index (χ0) is 20.2. The lowest BCUT2D eigenvalue weighted by Crippen LogP contribution is -2.44. The first-order valence-electron chi connectivity index (χ1n) is 10.4. The molecule has 0 atom stereocenters. The second-order valence-corrected chi connectivity index (χ2v) is 8.78. The Bertz CT molecular complexity index is 867. The van der Waals surface area contributed by atoms with Crippen molar-refractivity contribution < 1.29 is 9.59 Å². The molecule has 0 spiro atoms. The number of nitrogens with zero attached hydrogens (tertiary/aromatic N) is 4. The number of likely N-dealkylation sites (tertiary alicyclic amines) is 2. The van der Waals surface area contributed by atoms with Crippen LogP contribution < -0.4 is 0 Å². The molecule has 154 valence electrons. The van der Waals surface area contributed by atoms with Crippen LogP contribution in [-0.4, -0.2) is 63.1 Å². The number of benzene rings is 1. The number of rotatable bonds is 5. The van der Waals surface area contributed by atoms with Gasteiger partial charge in [0, 0.05) is 44.5 Å². The first-order valence-corrected chi connectivity index (χ1v) is 11.4. The van der Waals surface area contributed by atoms with Crippen molar-refractivity contribution in [2.24, 2.45) is 5.92 Å². The third-order valence-corrected chi connectivity index (χ3v) is 6.87. The summed E-state index contributed by atoms with van der Waals surface area (Å²) in [5.41, 5.74) is 2.25. The number of hydrogen-bond donors (Lipinski definition) is 0. The van der Waals surface area contributed by atoms with Crippen LogP contribution in [0.2, 0.25) is 0 Å². The lowest BCUT2D eigenvalue weighted by Gasteiger charge is -2.33. The molecule has 4 rings (SSSR count). The van der Waals surface area contributed by atoms with E-state index in [0.29, 0.717) is 24.7 Å². The van der Waals surface area contributed by atoms with Crippen molar-refractivity contribution in [1.82, 2.24) is 19.4 Å². The molecule has 0 unspecified atom stereocenters. The smallest absolute Gasteiger partial charge is 0.233 e. The Kier molecular flexibility index (Phi) is 6.23. The van der Waals surface area contributed by atoms with Crippen molar-refractivity contribution >= 4 is 23.6 Å². The maximum absolute atomic E-state index is 12.7. The SMILES string of the molecule is Cc1ccccc1-n1ccnc1SCC(=O)N1CCC(C(=O)N2CCCC2)CC1. The Morgan fingerprint density at radius 1 is 1.07 bits per heavy atom. The Balaban J connectivity index is 1.30. The van der Waals surface area contributed by atoms with Gasteiger partial charge in [0.05, 0.1) is 11.4 Å². The maximum atomic E-state index is 12.7. The highest BCUT2D eigenvalue weighted by molar-refractivity contribution is 7.99. The van der Waals surface area contributed by atoms with Crippen molar-refractivity contribution in [2.75, 3.05) is 31.9 Å². The monoisotopic (exact) mass is 412 g/mol. The Hall–Kier alpha value is -2.28. The summed E-state index contributed by atoms with van der Waals surface area (Å²) in [5, 5.41) is 0.826. The van der Waals surface area contributed by atoms with E-state index in [0.717, 1.165) is 49.6 Å². The van der Waals surface area contributed by atoms with Crippen LogP contribution in [0.3, 0.4) is 0 Å². The molecule has 2 fully saturated rings. The van der Waals surface area contributed by atoms with Crippen molar-refractivity contribution in [2.45, 2.75) is 37.8 Å². The fourth-order valence-corrected chi connectivity index (χ4v) is 5.07. The molecule has 0 bridgehead atoms. The fourth-order valence-electron chi connectivity index (χ4n) is 4.20. The van der Waals surface area contributed by atoms with E-state index in [4.69, 9.17) is 0 Å². The van der Waals surface area contributed by atoms with Gasteiger partial charge in [-0.25, -0.2) is 4.98 Å². The second-order valence-electron chi connectivity index (χ2n) is 7.84. The summed E-state index contributed by atoms with van der Waals surface area (Å²) in [6, 6.07) is 8.16. The van der Waals surface area contributed by atoms with Crippen LogP contribution in [0.5, 0.6) is 0 Å². The summed E-state index contributed by atoms with van der Waals surface area (Å²) >= 11 is 1.47. The van der Waals surface area contributed by atoms with E-state index in [1.165, 1.54) is 17.3 Å². The molecule has 2 aromatic rings. The normalized spacial score (nSPS) is 17.7. The molecule has 0 aliphatic carbocycles. The highest BCUT2D eigenvalue weighted by Crippen LogP contribution is 2.25. The second kappa shape index (κ2) is 9.03. The minimum Gasteiger partial charge on any atom is -0.342 e. The molecular weight excluding hydrogens is 384 g/mol. The predicted molar refractivity (Wildman–Crippen MR) is 114 cm³/mol. The summed E-state index contributed by atoms with van der Waals surface area (Å²) in [6.45, 7) is 5.23. The van der Waals surface area contributed by atoms with Gasteiger partial charge in [0.15, 0.2) is 5.16 Å². The number of carbonyl (C=O) groups is 2. The van der Waals surface area contributed by atoms with Gasteiger partial charge in [0.1, 0.15) is 0 Å². The summed E-state index contributed by atoms with van der Waals surface area (Å²) < 4.78 is 2.04. The predicted octanol–water partition coefficient (Wildman–Crippen LogP) is 3.13. The number of aromatic nitrogens is 2. The van der Waals surface area contributed by atoms with E-state index < -0.39 is 0 Å². The number of thioether (sulfide) groups is 1. The van der Waals surface area contributed by atoms with Gasteiger partial charge in [-0.1, -0.05) is 30.0 Å². The molecule has 7 heteroatoms. The van der Waals surface area contributed by atoms with Crippen LogP contribution in [0.4, 0.5) is 0 Å². The van der Waals surface area contributed by atoms with Gasteiger partial charge >= 0.3 is 0 Å². The van der Waals surface area contributed by atoms with Crippen LogP contribution in [0.15, 0.2) is 41.8 Å². The molecule has 2 saturated heterocycles. The number of hydrogen-bond acceptors (Lipinski definition) is 4. The highest BCUT2D eigenvalue weighted by atomic mass is 32.2. The molecule has 29 heavy (non-hydrogen) atoms. The molecule has 2 amide bonds. The Labute approximate surface area is 176 Å². The molecule has 6 nitrogen and oxygen atoms in total. The van der Waals surface area contributed by atoms with Gasteiger partial charge < -0.3 is 9.80 Å². The summed E-state index contributed by atoms with van der Waals surface area (Å²) in [4.78, 5) is 33.6. The summed E-state index contributed by atoms with van der Waals surface area (Å²) in [5.74, 6) is 0.878. The van der Waals surface area contributed by atoms with E-state index in [9.17, 15) is 9.59 Å². The fraction of sp³-hybridized carbons (Fsp3) is 0.500. The number of aryl methyl sites for hydroxylation is 1. The standard InChI is InChI=1S/C22H28N4O2S/c1-17-6-2-3-7-19(17)26-15-10-23-22(26)29-16-20(27)24-13-8-18(9-14-24)21(28)25-11-4-5-12-25/h2-3,6-7,10,15,18H,4-5,8-9,11-14,16H2,1H3. The van der Waals surface area contributed by atoms with Gasteiger partial charge in [0.25, 0.3) is 0 Å². The summed E-state index contributed by atoms with van der Waals surface area (Å²) in [6.07, 6.45) is 7.52. The van der Waals surface area contributed by atoms with E-state index in [1.54, 1.807) is 6.20 Å². The van der Waals surface area contributed by atoms with Crippen LogP contribution in [-0.2, 0) is 9.59 Å². The van der Waals surface area contributed by atoms with Crippen LogP contribution in [0.25, 0.3) is 5.69 Å². The third kappa shape index (κ3) is 4.50. The van der Waals surface area contributed by atoms with Crippen molar-refractivity contribution in [1.29, 1.82) is 0 Å². The maximum Gasteiger partial charge on any atom is 0.233 e. The van der Waals surface area contributed by atoms with Crippen molar-refractivity contribution in [3.05, 3.63) is 42.2 Å². The molecule has 3 heterocycles. The molecule has 0 N–H and O–H groups in total. The van der Waals surface area contributed by atoms with Gasteiger partial charge in [-0.05, 0) is 44.2 Å². The lowest BCUT2D eigenvalue weighted by atomic mass is 9.95. The van der Waals surface area contributed by atoms with Crippen LogP contribution >= 0.6 is 11.8 Å². The van der Waals surface area contributed by atoms with Gasteiger partial charge in [-0.2, -0.15) is 0 Å². The van der Waals surface area contributed by atoms with Gasteiger partial charge in [0.2, 0.25) is 11.8 Å². The molecule has 2 aliphatic heterocycles. The molecule has 1 aromatic heterocycles. The van der Waals surface area contributed by atoms with Crippen LogP contribution in [0.1, 0.15) is 31.2 Å². The number of amides is 2. The summed E-state index contributed by atoms with van der Waals surface area (Å²) in [7, 11) is 0. The molecule has 0 saturated carbocycles. The zero-order valence-corrected chi connectivity index (χ0v) is 17.7. The Morgan fingerprint density at radius 2 is 1.79 bits per heavy atom. The molecule has 2 aliphatic rings. The first-order chi connectivity index (χ1) is 14.1. The number of imidazole rings is 1. The lowest BCUT2D eigenvalue weighted by molar-refractivity contribution is -0.139. The topological polar surface area (TPSA) is 58.4 Å².